The minimum Gasteiger partial charge on any atom is -0.496 e. The Kier molecular flexibility index (Phi) is 7.40. The lowest BCUT2D eigenvalue weighted by molar-refractivity contribution is -0.120. The van der Waals surface area contributed by atoms with Crippen LogP contribution in [0.3, 0.4) is 0 Å². The van der Waals surface area contributed by atoms with E-state index in [1.807, 2.05) is 43.1 Å². The number of benzene rings is 2. The van der Waals surface area contributed by atoms with E-state index in [1.165, 1.54) is 26.2 Å². The van der Waals surface area contributed by atoms with E-state index in [2.05, 4.69) is 5.32 Å². The van der Waals surface area contributed by atoms with Gasteiger partial charge in [0.05, 0.1) is 18.0 Å². The molecule has 1 atom stereocenters. The Labute approximate surface area is 173 Å². The lowest BCUT2D eigenvalue weighted by atomic mass is 10.1. The van der Waals surface area contributed by atoms with Gasteiger partial charge in [-0.05, 0) is 44.7 Å². The second kappa shape index (κ2) is 9.39. The predicted molar refractivity (Wildman–Crippen MR) is 115 cm³/mol. The number of para-hydroxylation sites is 1. The molecule has 2 aromatic carbocycles. The fourth-order valence-electron chi connectivity index (χ4n) is 2.78. The van der Waals surface area contributed by atoms with Crippen molar-refractivity contribution in [3.8, 4) is 5.75 Å². The van der Waals surface area contributed by atoms with Gasteiger partial charge in [-0.2, -0.15) is 0 Å². The van der Waals surface area contributed by atoms with Crippen molar-refractivity contribution in [3.05, 3.63) is 53.6 Å². The van der Waals surface area contributed by atoms with Crippen LogP contribution in [-0.4, -0.2) is 57.8 Å². The molecule has 0 bridgehead atoms. The van der Waals surface area contributed by atoms with E-state index in [0.29, 0.717) is 12.2 Å². The smallest absolute Gasteiger partial charge is 0.242 e. The van der Waals surface area contributed by atoms with Crippen molar-refractivity contribution < 1.29 is 17.9 Å². The van der Waals surface area contributed by atoms with E-state index < -0.39 is 16.1 Å². The second-order valence-corrected chi connectivity index (χ2v) is 9.31. The lowest BCUT2D eigenvalue weighted by Crippen LogP contribution is -2.39. The topological polar surface area (TPSA) is 79.0 Å². The number of nitrogens with one attached hydrogen (secondary N) is 1. The molecule has 1 amide bonds. The van der Waals surface area contributed by atoms with Crippen LogP contribution in [0.1, 0.15) is 18.1 Å². The highest BCUT2D eigenvalue weighted by atomic mass is 32.2. The summed E-state index contributed by atoms with van der Waals surface area (Å²) >= 11 is 0. The first kappa shape index (κ1) is 22.9. The summed E-state index contributed by atoms with van der Waals surface area (Å²) < 4.78 is 31.3. The SMILES string of the molecule is COc1ccccc1CN(C)[C@H](C)C(=O)Nc1cc(S(=O)(=O)N(C)C)ccc1C. The minimum absolute atomic E-state index is 0.137. The Bertz CT molecular complexity index is 974. The van der Waals surface area contributed by atoms with Gasteiger partial charge in [0.2, 0.25) is 15.9 Å². The summed E-state index contributed by atoms with van der Waals surface area (Å²) in [6.45, 7) is 4.16. The van der Waals surface area contributed by atoms with Gasteiger partial charge in [-0.1, -0.05) is 24.3 Å². The number of methoxy groups -OCH3 is 1. The van der Waals surface area contributed by atoms with Crippen LogP contribution in [0.5, 0.6) is 5.75 Å². The number of hydrogen-bond donors (Lipinski definition) is 1. The molecule has 1 N–H and O–H groups in total. The van der Waals surface area contributed by atoms with Crippen molar-refractivity contribution >= 4 is 21.6 Å². The molecule has 0 aromatic heterocycles. The van der Waals surface area contributed by atoms with Gasteiger partial charge in [0.25, 0.3) is 0 Å². The summed E-state index contributed by atoms with van der Waals surface area (Å²) in [5, 5.41) is 2.86. The molecule has 0 fully saturated rings. The molecular weight excluding hydrogens is 390 g/mol. The molecule has 0 aliphatic carbocycles. The van der Waals surface area contributed by atoms with E-state index in [4.69, 9.17) is 4.74 Å². The maximum Gasteiger partial charge on any atom is 0.242 e. The van der Waals surface area contributed by atoms with E-state index in [0.717, 1.165) is 21.2 Å². The summed E-state index contributed by atoms with van der Waals surface area (Å²) in [7, 11) is 2.85. The molecule has 0 unspecified atom stereocenters. The molecule has 0 radical (unpaired) electrons. The third-order valence-electron chi connectivity index (χ3n) is 4.90. The zero-order valence-electron chi connectivity index (χ0n) is 17.8. The van der Waals surface area contributed by atoms with Gasteiger partial charge in [0.1, 0.15) is 5.75 Å². The van der Waals surface area contributed by atoms with Crippen molar-refractivity contribution in [1.29, 1.82) is 0 Å². The fourth-order valence-corrected chi connectivity index (χ4v) is 3.71. The summed E-state index contributed by atoms with van der Waals surface area (Å²) in [5.74, 6) is 0.550. The second-order valence-electron chi connectivity index (χ2n) is 7.16. The van der Waals surface area contributed by atoms with Gasteiger partial charge in [0.15, 0.2) is 0 Å². The zero-order chi connectivity index (χ0) is 21.8. The molecule has 0 heterocycles. The summed E-state index contributed by atoms with van der Waals surface area (Å²) in [6.07, 6.45) is 0. The van der Waals surface area contributed by atoms with Gasteiger partial charge >= 0.3 is 0 Å². The Balaban J connectivity index is 2.17. The van der Waals surface area contributed by atoms with Crippen LogP contribution < -0.4 is 10.1 Å². The molecule has 158 valence electrons. The largest absolute Gasteiger partial charge is 0.496 e. The molecule has 2 aromatic rings. The normalized spacial score (nSPS) is 12.8. The first-order valence-electron chi connectivity index (χ1n) is 9.24. The first-order chi connectivity index (χ1) is 13.6. The van der Waals surface area contributed by atoms with Crippen molar-refractivity contribution in [3.63, 3.8) is 0 Å². The van der Waals surface area contributed by atoms with Gasteiger partial charge in [-0.3, -0.25) is 9.69 Å². The van der Waals surface area contributed by atoms with Crippen LogP contribution in [0.15, 0.2) is 47.4 Å². The van der Waals surface area contributed by atoms with Crippen LogP contribution in [0.2, 0.25) is 0 Å². The quantitative estimate of drug-likeness (QED) is 0.712. The van der Waals surface area contributed by atoms with Crippen molar-refractivity contribution in [1.82, 2.24) is 9.21 Å². The standard InChI is InChI=1S/C21H29N3O4S/c1-15-11-12-18(29(26,27)23(3)4)13-19(15)22-21(25)16(2)24(5)14-17-9-7-8-10-20(17)28-6/h7-13,16H,14H2,1-6H3,(H,22,25)/t16-/m1/s1. The maximum atomic E-state index is 12.8. The summed E-state index contributed by atoms with van der Waals surface area (Å²) in [4.78, 5) is 14.8. The number of aryl methyl sites for hydroxylation is 1. The van der Waals surface area contributed by atoms with Gasteiger partial charge in [0, 0.05) is 31.9 Å². The highest BCUT2D eigenvalue weighted by Gasteiger charge is 2.22. The summed E-state index contributed by atoms with van der Waals surface area (Å²) in [5.41, 5.74) is 2.25. The van der Waals surface area contributed by atoms with Crippen molar-refractivity contribution in [2.75, 3.05) is 33.6 Å². The van der Waals surface area contributed by atoms with Crippen LogP contribution in [0.4, 0.5) is 5.69 Å². The number of amides is 1. The first-order valence-corrected chi connectivity index (χ1v) is 10.7. The van der Waals surface area contributed by atoms with Crippen molar-refractivity contribution in [2.24, 2.45) is 0 Å². The third-order valence-corrected chi connectivity index (χ3v) is 6.71. The van der Waals surface area contributed by atoms with Crippen LogP contribution >= 0.6 is 0 Å². The monoisotopic (exact) mass is 419 g/mol. The van der Waals surface area contributed by atoms with Gasteiger partial charge in [-0.25, -0.2) is 12.7 Å². The number of anilines is 1. The lowest BCUT2D eigenvalue weighted by Gasteiger charge is -2.25. The predicted octanol–water partition coefficient (Wildman–Crippen LogP) is 2.71. The van der Waals surface area contributed by atoms with E-state index in [-0.39, 0.29) is 10.8 Å². The van der Waals surface area contributed by atoms with Crippen LogP contribution in [-0.2, 0) is 21.4 Å². The Morgan fingerprint density at radius 3 is 2.41 bits per heavy atom. The van der Waals surface area contributed by atoms with Crippen LogP contribution in [0.25, 0.3) is 0 Å². The number of ether oxygens (including phenoxy) is 1. The highest BCUT2D eigenvalue weighted by molar-refractivity contribution is 7.89. The van der Waals surface area contributed by atoms with Crippen molar-refractivity contribution in [2.45, 2.75) is 31.3 Å². The Morgan fingerprint density at radius 2 is 1.79 bits per heavy atom. The molecule has 7 nitrogen and oxygen atoms in total. The Hall–Kier alpha value is -2.42. The molecule has 2 rings (SSSR count). The third kappa shape index (κ3) is 5.35. The number of likely N-dealkylation sites (N-methyl/N-ethyl adjacent to an activating group) is 1. The fraction of sp³-hybridized carbons (Fsp3) is 0.381. The van der Waals surface area contributed by atoms with Gasteiger partial charge in [-0.15, -0.1) is 0 Å². The molecule has 0 aliphatic rings. The average Bonchev–Trinajstić information content (AvgIpc) is 2.69. The van der Waals surface area contributed by atoms with E-state index in [1.54, 1.807) is 20.1 Å². The molecule has 29 heavy (non-hydrogen) atoms. The molecule has 8 heteroatoms. The van der Waals surface area contributed by atoms with Gasteiger partial charge < -0.3 is 10.1 Å². The molecular formula is C21H29N3O4S. The maximum absolute atomic E-state index is 12.8. The minimum atomic E-state index is -3.58. The number of nitrogens with zero attached hydrogens (tertiary/aromatic N) is 2. The summed E-state index contributed by atoms with van der Waals surface area (Å²) in [6, 6.07) is 12.0. The molecule has 0 saturated carbocycles. The Morgan fingerprint density at radius 1 is 1.14 bits per heavy atom. The number of hydrogen-bond acceptors (Lipinski definition) is 5. The van der Waals surface area contributed by atoms with E-state index in [9.17, 15) is 13.2 Å². The molecule has 0 spiro atoms. The number of rotatable bonds is 8. The molecule has 0 aliphatic heterocycles. The highest BCUT2D eigenvalue weighted by Crippen LogP contribution is 2.23. The number of carbonyl (C=O) groups excluding carboxylic acids is 1. The average molecular weight is 420 g/mol. The van der Waals surface area contributed by atoms with Crippen LogP contribution in [0, 0.1) is 6.92 Å². The number of sulfonamides is 1. The van der Waals surface area contributed by atoms with E-state index >= 15 is 0 Å². The molecule has 0 saturated heterocycles. The zero-order valence-corrected chi connectivity index (χ0v) is 18.6. The number of carbonyl (C=O) groups is 1.